The van der Waals surface area contributed by atoms with Gasteiger partial charge in [0.1, 0.15) is 0 Å². The normalized spacial score (nSPS) is 20.6. The molecule has 3 heterocycles. The van der Waals surface area contributed by atoms with E-state index < -0.39 is 0 Å². The zero-order valence-corrected chi connectivity index (χ0v) is 16.2. The summed E-state index contributed by atoms with van der Waals surface area (Å²) in [4.78, 5) is 18.9. The molecular formula is C22H26N2OS. The molecule has 2 aromatic rings. The summed E-state index contributed by atoms with van der Waals surface area (Å²) >= 11 is 1.84. The van der Waals surface area contributed by atoms with Gasteiger partial charge in [-0.1, -0.05) is 43.3 Å². The zero-order chi connectivity index (χ0) is 17.9. The summed E-state index contributed by atoms with van der Waals surface area (Å²) in [6, 6.07) is 13.0. The molecule has 1 unspecified atom stereocenters. The molecule has 0 spiro atoms. The summed E-state index contributed by atoms with van der Waals surface area (Å²) in [7, 11) is 0. The molecule has 0 bridgehead atoms. The van der Waals surface area contributed by atoms with Crippen molar-refractivity contribution in [3.63, 3.8) is 0 Å². The molecular weight excluding hydrogens is 340 g/mol. The number of rotatable bonds is 4. The molecule has 26 heavy (non-hydrogen) atoms. The van der Waals surface area contributed by atoms with Gasteiger partial charge in [0.05, 0.1) is 12.6 Å². The summed E-state index contributed by atoms with van der Waals surface area (Å²) in [5.74, 6) is 0.283. The van der Waals surface area contributed by atoms with Crippen molar-refractivity contribution >= 4 is 22.8 Å². The highest BCUT2D eigenvalue weighted by molar-refractivity contribution is 7.10. The highest BCUT2D eigenvalue weighted by Gasteiger charge is 2.31. The van der Waals surface area contributed by atoms with E-state index in [1.807, 2.05) is 11.3 Å². The van der Waals surface area contributed by atoms with E-state index in [1.165, 1.54) is 21.6 Å². The number of amides is 1. The van der Waals surface area contributed by atoms with Crippen LogP contribution in [0, 0.1) is 0 Å². The van der Waals surface area contributed by atoms with Crippen LogP contribution in [0.25, 0.3) is 5.57 Å². The second kappa shape index (κ2) is 7.77. The lowest BCUT2D eigenvalue weighted by Crippen LogP contribution is -2.45. The number of hydrogen-bond donors (Lipinski definition) is 0. The number of nitrogens with zero attached hydrogens (tertiary/aromatic N) is 2. The summed E-state index contributed by atoms with van der Waals surface area (Å²) < 4.78 is 0. The van der Waals surface area contributed by atoms with Crippen molar-refractivity contribution < 1.29 is 4.79 Å². The molecule has 1 amide bonds. The van der Waals surface area contributed by atoms with E-state index in [1.54, 1.807) is 0 Å². The van der Waals surface area contributed by atoms with E-state index in [4.69, 9.17) is 0 Å². The minimum atomic E-state index is 0.262. The molecule has 0 fully saturated rings. The number of fused-ring (bicyclic) bond motifs is 1. The third kappa shape index (κ3) is 3.49. The van der Waals surface area contributed by atoms with Crippen LogP contribution in [-0.2, 0) is 11.2 Å². The lowest BCUT2D eigenvalue weighted by Gasteiger charge is -2.37. The van der Waals surface area contributed by atoms with Gasteiger partial charge in [-0.25, -0.2) is 0 Å². The monoisotopic (exact) mass is 366 g/mol. The standard InChI is InChI=1S/C22H26N2OS/c1-2-20-19-11-15-26-21(19)10-14-24(20)22(25)16-23-12-8-18(9-13-23)17-6-4-3-5-7-17/h3-8,11,15,20H,2,9-10,12-14,16H2,1H3. The Labute approximate surface area is 159 Å². The van der Waals surface area contributed by atoms with Crippen LogP contribution in [-0.4, -0.2) is 41.9 Å². The van der Waals surface area contributed by atoms with E-state index in [2.05, 4.69) is 64.6 Å². The minimum Gasteiger partial charge on any atom is -0.334 e. The van der Waals surface area contributed by atoms with Crippen molar-refractivity contribution in [3.05, 3.63) is 63.9 Å². The Morgan fingerprint density at radius 2 is 2.00 bits per heavy atom. The Bertz CT molecular complexity index is 795. The highest BCUT2D eigenvalue weighted by atomic mass is 32.1. The van der Waals surface area contributed by atoms with E-state index in [-0.39, 0.29) is 11.9 Å². The summed E-state index contributed by atoms with van der Waals surface area (Å²) in [6.45, 7) is 5.41. The summed E-state index contributed by atoms with van der Waals surface area (Å²) in [6.07, 6.45) is 5.31. The van der Waals surface area contributed by atoms with Crippen molar-refractivity contribution in [2.24, 2.45) is 0 Å². The van der Waals surface area contributed by atoms with Gasteiger partial charge >= 0.3 is 0 Å². The molecule has 0 saturated heterocycles. The maximum absolute atomic E-state index is 13.0. The molecule has 2 aliphatic heterocycles. The van der Waals surface area contributed by atoms with Gasteiger partial charge in [0.2, 0.25) is 5.91 Å². The molecule has 1 aromatic carbocycles. The second-order valence-electron chi connectivity index (χ2n) is 7.14. The van der Waals surface area contributed by atoms with Crippen molar-refractivity contribution in [2.45, 2.75) is 32.2 Å². The molecule has 3 nitrogen and oxygen atoms in total. The van der Waals surface area contributed by atoms with E-state index in [9.17, 15) is 4.79 Å². The third-order valence-electron chi connectivity index (χ3n) is 5.60. The quantitative estimate of drug-likeness (QED) is 0.802. The fourth-order valence-electron chi connectivity index (χ4n) is 4.19. The van der Waals surface area contributed by atoms with Gasteiger partial charge in [-0.3, -0.25) is 9.69 Å². The Balaban J connectivity index is 1.39. The molecule has 136 valence electrons. The molecule has 2 aliphatic rings. The van der Waals surface area contributed by atoms with Crippen LogP contribution >= 0.6 is 11.3 Å². The van der Waals surface area contributed by atoms with E-state index >= 15 is 0 Å². The smallest absolute Gasteiger partial charge is 0.237 e. The van der Waals surface area contributed by atoms with Gasteiger partial charge in [0, 0.05) is 24.5 Å². The number of hydrogen-bond acceptors (Lipinski definition) is 3. The highest BCUT2D eigenvalue weighted by Crippen LogP contribution is 2.35. The van der Waals surface area contributed by atoms with E-state index in [0.29, 0.717) is 6.54 Å². The lowest BCUT2D eigenvalue weighted by atomic mass is 9.97. The van der Waals surface area contributed by atoms with Gasteiger partial charge in [0.15, 0.2) is 0 Å². The average molecular weight is 367 g/mol. The first-order valence-corrected chi connectivity index (χ1v) is 10.5. The topological polar surface area (TPSA) is 23.6 Å². The number of thiophene rings is 1. The van der Waals surface area contributed by atoms with Crippen LogP contribution in [0.5, 0.6) is 0 Å². The van der Waals surface area contributed by atoms with Crippen LogP contribution in [0.2, 0.25) is 0 Å². The van der Waals surface area contributed by atoms with Gasteiger partial charge in [-0.15, -0.1) is 11.3 Å². The minimum absolute atomic E-state index is 0.262. The number of carbonyl (C=O) groups is 1. The predicted octanol–water partition coefficient (Wildman–Crippen LogP) is 4.37. The molecule has 0 radical (unpaired) electrons. The first-order chi connectivity index (χ1) is 12.8. The summed E-state index contributed by atoms with van der Waals surface area (Å²) in [5.41, 5.74) is 4.09. The van der Waals surface area contributed by atoms with Crippen molar-refractivity contribution in [1.82, 2.24) is 9.80 Å². The Hall–Kier alpha value is -1.91. The zero-order valence-electron chi connectivity index (χ0n) is 15.4. The summed E-state index contributed by atoms with van der Waals surface area (Å²) in [5, 5.41) is 2.17. The average Bonchev–Trinajstić information content (AvgIpc) is 3.17. The van der Waals surface area contributed by atoms with Crippen LogP contribution in [0.1, 0.15) is 41.8 Å². The SMILES string of the molecule is CCC1c2ccsc2CCN1C(=O)CN1CC=C(c2ccccc2)CC1. The molecule has 0 saturated carbocycles. The Kier molecular flexibility index (Phi) is 5.23. The lowest BCUT2D eigenvalue weighted by molar-refractivity contribution is -0.135. The van der Waals surface area contributed by atoms with Gasteiger partial charge in [-0.05, 0) is 47.4 Å². The predicted molar refractivity (Wildman–Crippen MR) is 108 cm³/mol. The van der Waals surface area contributed by atoms with Crippen LogP contribution in [0.3, 0.4) is 0 Å². The Morgan fingerprint density at radius 3 is 2.73 bits per heavy atom. The molecule has 4 heteroatoms. The first-order valence-electron chi connectivity index (χ1n) is 9.58. The van der Waals surface area contributed by atoms with Gasteiger partial charge < -0.3 is 4.90 Å². The molecule has 4 rings (SSSR count). The van der Waals surface area contributed by atoms with E-state index in [0.717, 1.165) is 38.9 Å². The molecule has 1 aromatic heterocycles. The third-order valence-corrected chi connectivity index (χ3v) is 6.60. The molecule has 1 atom stereocenters. The van der Waals surface area contributed by atoms with Gasteiger partial charge in [-0.2, -0.15) is 0 Å². The number of benzene rings is 1. The fourth-order valence-corrected chi connectivity index (χ4v) is 5.11. The van der Waals surface area contributed by atoms with Gasteiger partial charge in [0.25, 0.3) is 0 Å². The maximum atomic E-state index is 13.0. The number of carbonyl (C=O) groups excluding carboxylic acids is 1. The molecule has 0 N–H and O–H groups in total. The van der Waals surface area contributed by atoms with Crippen LogP contribution in [0.15, 0.2) is 47.9 Å². The maximum Gasteiger partial charge on any atom is 0.237 e. The van der Waals surface area contributed by atoms with Crippen LogP contribution < -0.4 is 0 Å². The Morgan fingerprint density at radius 1 is 1.15 bits per heavy atom. The van der Waals surface area contributed by atoms with Crippen molar-refractivity contribution in [1.29, 1.82) is 0 Å². The van der Waals surface area contributed by atoms with Crippen LogP contribution in [0.4, 0.5) is 0 Å². The first kappa shape index (κ1) is 17.5. The molecule has 0 aliphatic carbocycles. The van der Waals surface area contributed by atoms with Crippen molar-refractivity contribution in [2.75, 3.05) is 26.2 Å². The largest absolute Gasteiger partial charge is 0.334 e. The fraction of sp³-hybridized carbons (Fsp3) is 0.409. The second-order valence-corrected chi connectivity index (χ2v) is 8.14. The van der Waals surface area contributed by atoms with Crippen molar-refractivity contribution in [3.8, 4) is 0 Å².